The Kier molecular flexibility index (Phi) is 5.32. The first kappa shape index (κ1) is 15.3. The summed E-state index contributed by atoms with van der Waals surface area (Å²) in [5.41, 5.74) is 7.76. The van der Waals surface area contributed by atoms with E-state index in [1.54, 1.807) is 13.1 Å². The molecule has 0 spiro atoms. The highest BCUT2D eigenvalue weighted by Gasteiger charge is 2.00. The molecule has 0 radical (unpaired) electrons. The van der Waals surface area contributed by atoms with E-state index >= 15 is 0 Å². The molecule has 2 aromatic rings. The van der Waals surface area contributed by atoms with Gasteiger partial charge >= 0.3 is 6.09 Å². The molecule has 0 atom stereocenters. The number of benzene rings is 1. The molecule has 6 nitrogen and oxygen atoms in total. The van der Waals surface area contributed by atoms with Crippen LogP contribution in [0.15, 0.2) is 36.5 Å². The average Bonchev–Trinajstić information content (AvgIpc) is 2.52. The highest BCUT2D eigenvalue weighted by atomic mass is 16.5. The molecule has 0 saturated carbocycles. The fraction of sp³-hybridized carbons (Fsp3) is 0.188. The summed E-state index contributed by atoms with van der Waals surface area (Å²) in [6, 6.07) is 9.45. The van der Waals surface area contributed by atoms with E-state index in [-0.39, 0.29) is 19.1 Å². The Bertz CT molecular complexity index is 705. The zero-order chi connectivity index (χ0) is 15.8. The number of ether oxygens (including phenoxy) is 1. The molecule has 1 aromatic carbocycles. The highest BCUT2D eigenvalue weighted by Crippen LogP contribution is 2.02. The second-order valence-corrected chi connectivity index (χ2v) is 4.44. The predicted octanol–water partition coefficient (Wildman–Crippen LogP) is 1.65. The molecule has 0 fully saturated rings. The molecule has 6 heteroatoms. The lowest BCUT2D eigenvalue weighted by Gasteiger charge is -2.04. The smallest absolute Gasteiger partial charge is 0.408 e. The van der Waals surface area contributed by atoms with E-state index in [0.717, 1.165) is 5.56 Å². The van der Waals surface area contributed by atoms with E-state index in [9.17, 15) is 4.79 Å². The maximum absolute atomic E-state index is 11.5. The van der Waals surface area contributed by atoms with Gasteiger partial charge in [-0.3, -0.25) is 0 Å². The number of nitrogens with one attached hydrogen (secondary N) is 1. The second-order valence-electron chi connectivity index (χ2n) is 4.44. The minimum atomic E-state index is -0.511. The van der Waals surface area contributed by atoms with Crippen LogP contribution >= 0.6 is 0 Å². The lowest BCUT2D eigenvalue weighted by molar-refractivity contribution is 0.141. The molecule has 0 saturated heterocycles. The number of alkyl carbamates (subject to hydrolysis) is 1. The summed E-state index contributed by atoms with van der Waals surface area (Å²) < 4.78 is 5.06. The number of carbonyl (C=O) groups is 1. The lowest BCUT2D eigenvalue weighted by Crippen LogP contribution is -2.24. The molecule has 0 aliphatic carbocycles. The maximum Gasteiger partial charge on any atom is 0.408 e. The van der Waals surface area contributed by atoms with Crippen molar-refractivity contribution in [2.45, 2.75) is 13.5 Å². The third-order valence-corrected chi connectivity index (χ3v) is 2.75. The number of hydrogen-bond acceptors (Lipinski definition) is 5. The third kappa shape index (κ3) is 4.80. The summed E-state index contributed by atoms with van der Waals surface area (Å²) in [7, 11) is 0. The Balaban J connectivity index is 1.76. The van der Waals surface area contributed by atoms with Gasteiger partial charge in [0, 0.05) is 6.20 Å². The van der Waals surface area contributed by atoms with E-state index in [0.29, 0.717) is 11.3 Å². The molecular weight excluding hydrogens is 280 g/mol. The van der Waals surface area contributed by atoms with Crippen molar-refractivity contribution in [3.63, 3.8) is 0 Å². The van der Waals surface area contributed by atoms with E-state index in [2.05, 4.69) is 27.1 Å². The van der Waals surface area contributed by atoms with Crippen molar-refractivity contribution in [1.29, 1.82) is 0 Å². The number of aromatic nitrogens is 2. The van der Waals surface area contributed by atoms with Gasteiger partial charge in [0.25, 0.3) is 0 Å². The van der Waals surface area contributed by atoms with Crippen molar-refractivity contribution in [2.24, 2.45) is 0 Å². The van der Waals surface area contributed by atoms with Crippen LogP contribution in [0.4, 0.5) is 10.7 Å². The quantitative estimate of drug-likeness (QED) is 0.840. The number of rotatable bonds is 3. The maximum atomic E-state index is 11.5. The molecule has 0 aliphatic heterocycles. The monoisotopic (exact) mass is 296 g/mol. The third-order valence-electron chi connectivity index (χ3n) is 2.75. The Morgan fingerprint density at radius 2 is 2.14 bits per heavy atom. The number of nitrogens with zero attached hydrogens (tertiary/aromatic N) is 2. The summed E-state index contributed by atoms with van der Waals surface area (Å²) in [6.07, 6.45) is 1.04. The zero-order valence-electron chi connectivity index (χ0n) is 12.2. The minimum absolute atomic E-state index is 0.178. The van der Waals surface area contributed by atoms with Crippen LogP contribution in [0.2, 0.25) is 0 Å². The van der Waals surface area contributed by atoms with Gasteiger partial charge in [-0.05, 0) is 12.5 Å². The van der Waals surface area contributed by atoms with E-state index < -0.39 is 6.09 Å². The normalized spacial score (nSPS) is 9.50. The van der Waals surface area contributed by atoms with Gasteiger partial charge in [-0.1, -0.05) is 42.2 Å². The van der Waals surface area contributed by atoms with Gasteiger partial charge in [0.2, 0.25) is 5.95 Å². The molecule has 3 N–H and O–H groups in total. The Morgan fingerprint density at radius 1 is 1.36 bits per heavy atom. The number of anilines is 1. The minimum Gasteiger partial charge on any atom is -0.445 e. The Morgan fingerprint density at radius 3 is 2.86 bits per heavy atom. The van der Waals surface area contributed by atoms with Crippen LogP contribution in [0.3, 0.4) is 0 Å². The van der Waals surface area contributed by atoms with Crippen LogP contribution in [-0.4, -0.2) is 22.6 Å². The largest absolute Gasteiger partial charge is 0.445 e. The molecule has 1 amide bonds. The van der Waals surface area contributed by atoms with Gasteiger partial charge in [-0.2, -0.15) is 0 Å². The van der Waals surface area contributed by atoms with Gasteiger partial charge in [-0.25, -0.2) is 14.8 Å². The number of nitrogen functional groups attached to an aromatic ring is 1. The second kappa shape index (κ2) is 7.64. The number of hydrogen-bond donors (Lipinski definition) is 2. The molecule has 1 aromatic heterocycles. The van der Waals surface area contributed by atoms with E-state index in [4.69, 9.17) is 10.5 Å². The summed E-state index contributed by atoms with van der Waals surface area (Å²) in [5, 5.41) is 2.55. The zero-order valence-corrected chi connectivity index (χ0v) is 12.2. The van der Waals surface area contributed by atoms with Crippen LogP contribution in [0.5, 0.6) is 0 Å². The fourth-order valence-corrected chi connectivity index (χ4v) is 1.64. The van der Waals surface area contributed by atoms with Gasteiger partial charge < -0.3 is 15.8 Å². The topological polar surface area (TPSA) is 90.1 Å². The first-order valence-corrected chi connectivity index (χ1v) is 6.67. The van der Waals surface area contributed by atoms with Gasteiger partial charge in [0.1, 0.15) is 6.61 Å². The first-order chi connectivity index (χ1) is 10.6. The standard InChI is InChI=1S/C16H16N4O2/c1-12-14(10-19-15(17)20-12)8-5-9-18-16(21)22-11-13-6-3-2-4-7-13/h2-4,6-7,10H,9,11H2,1H3,(H,18,21)(H2,17,19,20). The van der Waals surface area contributed by atoms with Crippen molar-refractivity contribution in [3.05, 3.63) is 53.3 Å². The summed E-state index contributed by atoms with van der Waals surface area (Å²) in [6.45, 7) is 2.20. The summed E-state index contributed by atoms with van der Waals surface area (Å²) in [5.74, 6) is 5.89. The molecule has 1 heterocycles. The number of nitrogens with two attached hydrogens (primary N) is 1. The molecule has 0 aliphatic rings. The van der Waals surface area contributed by atoms with Gasteiger partial charge in [0.05, 0.1) is 17.8 Å². The molecule has 0 unspecified atom stereocenters. The Hall–Kier alpha value is -3.07. The number of amides is 1. The van der Waals surface area contributed by atoms with Gasteiger partial charge in [-0.15, -0.1) is 0 Å². The van der Waals surface area contributed by atoms with Crippen LogP contribution in [0.1, 0.15) is 16.8 Å². The van der Waals surface area contributed by atoms with Crippen LogP contribution in [-0.2, 0) is 11.3 Å². The highest BCUT2D eigenvalue weighted by molar-refractivity contribution is 5.67. The van der Waals surface area contributed by atoms with Crippen LogP contribution in [0.25, 0.3) is 0 Å². The van der Waals surface area contributed by atoms with E-state index in [1.165, 1.54) is 0 Å². The first-order valence-electron chi connectivity index (χ1n) is 6.67. The van der Waals surface area contributed by atoms with Crippen molar-refractivity contribution >= 4 is 12.0 Å². The molecule has 22 heavy (non-hydrogen) atoms. The van der Waals surface area contributed by atoms with E-state index in [1.807, 2.05) is 30.3 Å². The van der Waals surface area contributed by atoms with Crippen LogP contribution < -0.4 is 11.1 Å². The average molecular weight is 296 g/mol. The Labute approximate surface area is 128 Å². The van der Waals surface area contributed by atoms with Crippen molar-refractivity contribution in [2.75, 3.05) is 12.3 Å². The lowest BCUT2D eigenvalue weighted by atomic mass is 10.2. The summed E-state index contributed by atoms with van der Waals surface area (Å²) in [4.78, 5) is 19.4. The van der Waals surface area contributed by atoms with Gasteiger partial charge in [0.15, 0.2) is 0 Å². The SMILES string of the molecule is Cc1nc(N)ncc1C#CCNC(=O)OCc1ccccc1. The number of aryl methyl sites for hydroxylation is 1. The fourth-order valence-electron chi connectivity index (χ4n) is 1.64. The van der Waals surface area contributed by atoms with Crippen molar-refractivity contribution in [1.82, 2.24) is 15.3 Å². The summed E-state index contributed by atoms with van der Waals surface area (Å²) >= 11 is 0. The van der Waals surface area contributed by atoms with Crippen molar-refractivity contribution in [3.8, 4) is 11.8 Å². The molecule has 0 bridgehead atoms. The molecule has 2 rings (SSSR count). The molecular formula is C16H16N4O2. The predicted molar refractivity (Wildman–Crippen MR) is 82.7 cm³/mol. The van der Waals surface area contributed by atoms with Crippen molar-refractivity contribution < 1.29 is 9.53 Å². The van der Waals surface area contributed by atoms with Crippen LogP contribution in [0, 0.1) is 18.8 Å². The molecule has 112 valence electrons. The number of carbonyl (C=O) groups excluding carboxylic acids is 1.